The molecule has 0 radical (unpaired) electrons. The number of alkyl halides is 2. The number of nitrogen functional groups attached to an aromatic ring is 1. The van der Waals surface area contributed by atoms with E-state index in [9.17, 15) is 14.6 Å². The first-order valence-electron chi connectivity index (χ1n) is 5.63. The lowest BCUT2D eigenvalue weighted by Crippen LogP contribution is -2.46. The van der Waals surface area contributed by atoms with Crippen LogP contribution in [0.3, 0.4) is 0 Å². The number of aliphatic hydroxyl groups excluding tert-OH is 2. The summed E-state index contributed by atoms with van der Waals surface area (Å²) in [4.78, 5) is 3.68. The lowest BCUT2D eigenvalue weighted by Gasteiger charge is -2.25. The van der Waals surface area contributed by atoms with Gasteiger partial charge in [0, 0.05) is 6.20 Å². The largest absolute Gasteiger partial charge is 0.408 e. The predicted octanol–water partition coefficient (Wildman–Crippen LogP) is -0.699. The Hall–Kier alpha value is -1.42. The molecule has 1 aliphatic rings. The van der Waals surface area contributed by atoms with Crippen molar-refractivity contribution >= 4 is 17.4 Å². The number of ether oxygens (including phenoxy) is 1. The van der Waals surface area contributed by atoms with Gasteiger partial charge in [0.2, 0.25) is 0 Å². The van der Waals surface area contributed by atoms with Crippen molar-refractivity contribution in [1.82, 2.24) is 9.55 Å². The highest BCUT2D eigenvalue weighted by Crippen LogP contribution is 2.48. The first-order chi connectivity index (χ1) is 9.26. The number of nitrogens with zero attached hydrogens (tertiary/aromatic N) is 3. The van der Waals surface area contributed by atoms with E-state index in [0.29, 0.717) is 0 Å². The second kappa shape index (κ2) is 4.85. The average molecular weight is 309 g/mol. The van der Waals surface area contributed by atoms with Gasteiger partial charge in [-0.15, -0.1) is 0 Å². The monoisotopic (exact) mass is 308 g/mol. The number of halogens is 2. The van der Waals surface area contributed by atoms with Crippen molar-refractivity contribution in [3.8, 4) is 0 Å². The van der Waals surface area contributed by atoms with Gasteiger partial charge >= 0.3 is 0 Å². The normalized spacial score (nSPS) is 38.4. The summed E-state index contributed by atoms with van der Waals surface area (Å²) in [6.45, 7) is 0.646. The highest BCUT2D eigenvalue weighted by atomic mass is 35.5. The molecule has 1 fully saturated rings. The van der Waals surface area contributed by atoms with Crippen LogP contribution in [-0.2, 0) is 4.74 Å². The SMILES string of the molecule is C[C@]1(CO)O[C@@H](n2ccc(N)n/c2=N\O)[C@@](F)(Cl)[C@@H]1O. The maximum atomic E-state index is 14.5. The van der Waals surface area contributed by atoms with Crippen molar-refractivity contribution in [2.45, 2.75) is 30.0 Å². The predicted molar refractivity (Wildman–Crippen MR) is 65.3 cm³/mol. The van der Waals surface area contributed by atoms with Crippen molar-refractivity contribution in [3.05, 3.63) is 17.9 Å². The van der Waals surface area contributed by atoms with Crippen LogP contribution in [0.4, 0.5) is 10.2 Å². The Morgan fingerprint density at radius 2 is 2.35 bits per heavy atom. The van der Waals surface area contributed by atoms with E-state index in [0.717, 1.165) is 4.57 Å². The Bertz CT molecular complexity index is 581. The van der Waals surface area contributed by atoms with Crippen LogP contribution in [-0.4, -0.2) is 48.4 Å². The van der Waals surface area contributed by atoms with Crippen LogP contribution in [0, 0.1) is 0 Å². The molecule has 0 saturated carbocycles. The van der Waals surface area contributed by atoms with E-state index < -0.39 is 29.7 Å². The van der Waals surface area contributed by atoms with E-state index in [1.165, 1.54) is 19.2 Å². The Labute approximate surface area is 117 Å². The van der Waals surface area contributed by atoms with E-state index in [-0.39, 0.29) is 11.4 Å². The minimum atomic E-state index is -2.75. The molecule has 20 heavy (non-hydrogen) atoms. The van der Waals surface area contributed by atoms with E-state index in [2.05, 4.69) is 10.1 Å². The van der Waals surface area contributed by atoms with Crippen LogP contribution < -0.4 is 11.4 Å². The highest BCUT2D eigenvalue weighted by molar-refractivity contribution is 6.23. The molecule has 0 unspecified atom stereocenters. The van der Waals surface area contributed by atoms with Gasteiger partial charge < -0.3 is 25.9 Å². The molecule has 1 aliphatic heterocycles. The summed E-state index contributed by atoms with van der Waals surface area (Å²) in [6, 6.07) is 1.31. The highest BCUT2D eigenvalue weighted by Gasteiger charge is 2.63. The van der Waals surface area contributed by atoms with Crippen LogP contribution >= 0.6 is 11.6 Å². The third kappa shape index (κ3) is 2.12. The molecule has 1 aromatic rings. The van der Waals surface area contributed by atoms with Crippen LogP contribution in [0.15, 0.2) is 17.4 Å². The zero-order valence-corrected chi connectivity index (χ0v) is 11.2. The summed E-state index contributed by atoms with van der Waals surface area (Å²) in [6.07, 6.45) is -2.12. The Morgan fingerprint density at radius 3 is 2.85 bits per heavy atom. The minimum Gasteiger partial charge on any atom is -0.408 e. The van der Waals surface area contributed by atoms with Crippen molar-refractivity contribution < 1.29 is 24.5 Å². The summed E-state index contributed by atoms with van der Waals surface area (Å²) in [5.41, 5.74) is 3.46. The summed E-state index contributed by atoms with van der Waals surface area (Å²) in [5, 5.41) is 28.1. The van der Waals surface area contributed by atoms with Gasteiger partial charge in [-0.05, 0) is 18.1 Å². The Balaban J connectivity index is 2.54. The number of hydrogen-bond acceptors (Lipinski definition) is 7. The molecule has 2 heterocycles. The Kier molecular flexibility index (Phi) is 3.63. The zero-order chi connectivity index (χ0) is 15.1. The standard InChI is InChI=1S/C10H14ClFN4O4/c1-9(4-17)6(18)10(11,12)7(20-9)16-3-2-5(13)14-8(16)15-19/h2-3,6-7,17-19H,4H2,1H3,(H2,13,14,15)/t6-,7-,9-,10-/m1/s1. The number of aliphatic hydroxyl groups is 2. The molecule has 4 atom stereocenters. The fourth-order valence-corrected chi connectivity index (χ4v) is 2.38. The molecule has 112 valence electrons. The number of hydrogen-bond donors (Lipinski definition) is 4. The maximum absolute atomic E-state index is 14.5. The Morgan fingerprint density at radius 1 is 1.70 bits per heavy atom. The molecule has 5 N–H and O–H groups in total. The van der Waals surface area contributed by atoms with Crippen molar-refractivity contribution in [1.29, 1.82) is 0 Å². The van der Waals surface area contributed by atoms with Gasteiger partial charge in [-0.1, -0.05) is 11.6 Å². The van der Waals surface area contributed by atoms with Crippen LogP contribution in [0.1, 0.15) is 13.2 Å². The summed E-state index contributed by atoms with van der Waals surface area (Å²) < 4.78 is 20.8. The molecule has 2 rings (SSSR count). The number of nitrogens with two attached hydrogens (primary N) is 1. The van der Waals surface area contributed by atoms with Crippen LogP contribution in [0.5, 0.6) is 0 Å². The van der Waals surface area contributed by atoms with Gasteiger partial charge in [-0.25, -0.2) is 4.39 Å². The fraction of sp³-hybridized carbons (Fsp3) is 0.600. The minimum absolute atomic E-state index is 0.0385. The van der Waals surface area contributed by atoms with Gasteiger partial charge in [0.05, 0.1) is 6.61 Å². The lowest BCUT2D eigenvalue weighted by molar-refractivity contribution is -0.118. The third-order valence-corrected chi connectivity index (χ3v) is 3.57. The molecule has 0 bridgehead atoms. The van der Waals surface area contributed by atoms with E-state index in [4.69, 9.17) is 27.3 Å². The van der Waals surface area contributed by atoms with Crippen molar-refractivity contribution in [2.75, 3.05) is 12.3 Å². The molecule has 0 aliphatic carbocycles. The molecule has 0 aromatic carbocycles. The maximum Gasteiger partial charge on any atom is 0.270 e. The van der Waals surface area contributed by atoms with E-state index in [1.807, 2.05) is 0 Å². The van der Waals surface area contributed by atoms with Crippen molar-refractivity contribution in [3.63, 3.8) is 0 Å². The van der Waals surface area contributed by atoms with E-state index >= 15 is 0 Å². The van der Waals surface area contributed by atoms with Crippen LogP contribution in [0.25, 0.3) is 0 Å². The van der Waals surface area contributed by atoms with Gasteiger partial charge in [0.25, 0.3) is 10.7 Å². The van der Waals surface area contributed by atoms with Gasteiger partial charge in [-0.3, -0.25) is 4.57 Å². The van der Waals surface area contributed by atoms with E-state index in [1.54, 1.807) is 0 Å². The molecule has 1 saturated heterocycles. The molecular formula is C10H14ClFN4O4. The fourth-order valence-electron chi connectivity index (χ4n) is 2.00. The molecule has 8 nitrogen and oxygen atoms in total. The topological polar surface area (TPSA) is 126 Å². The number of aromatic nitrogens is 2. The molecule has 0 spiro atoms. The second-order valence-electron chi connectivity index (χ2n) is 4.68. The summed E-state index contributed by atoms with van der Waals surface area (Å²) in [7, 11) is 0. The first-order valence-corrected chi connectivity index (χ1v) is 6.01. The van der Waals surface area contributed by atoms with Gasteiger partial charge in [-0.2, -0.15) is 4.98 Å². The quantitative estimate of drug-likeness (QED) is 0.325. The third-order valence-electron chi connectivity index (χ3n) is 3.18. The lowest BCUT2D eigenvalue weighted by atomic mass is 9.99. The summed E-state index contributed by atoms with van der Waals surface area (Å²) in [5.74, 6) is 0.0385. The average Bonchev–Trinajstić information content (AvgIpc) is 2.60. The summed E-state index contributed by atoms with van der Waals surface area (Å²) >= 11 is 5.69. The smallest absolute Gasteiger partial charge is 0.270 e. The molecule has 1 aromatic heterocycles. The van der Waals surface area contributed by atoms with Crippen LogP contribution in [0.2, 0.25) is 0 Å². The molecule has 10 heteroatoms. The number of rotatable bonds is 2. The zero-order valence-electron chi connectivity index (χ0n) is 10.4. The van der Waals surface area contributed by atoms with Gasteiger partial charge in [0.15, 0.2) is 6.23 Å². The molecule has 0 amide bonds. The van der Waals surface area contributed by atoms with Crippen molar-refractivity contribution in [2.24, 2.45) is 5.16 Å². The van der Waals surface area contributed by atoms with Gasteiger partial charge in [0.1, 0.15) is 17.5 Å². The number of anilines is 1. The second-order valence-corrected chi connectivity index (χ2v) is 5.26. The molecular weight excluding hydrogens is 295 g/mol. The first kappa shape index (κ1) is 15.0.